The molecule has 0 aromatic heterocycles. The van der Waals surface area contributed by atoms with Crippen molar-refractivity contribution in [3.05, 3.63) is 63.2 Å². The molecule has 1 fully saturated rings. The molecule has 0 aliphatic carbocycles. The fourth-order valence-corrected chi connectivity index (χ4v) is 3.96. The third-order valence-corrected chi connectivity index (χ3v) is 5.52. The van der Waals surface area contributed by atoms with Crippen LogP contribution in [0.15, 0.2) is 42.5 Å². The first-order valence-electron chi connectivity index (χ1n) is 9.46. The summed E-state index contributed by atoms with van der Waals surface area (Å²) in [7, 11) is 3.37. The molecule has 0 spiro atoms. The van der Waals surface area contributed by atoms with Crippen molar-refractivity contribution >= 4 is 28.9 Å². The molecule has 0 saturated carbocycles. The molecule has 1 heterocycles. The number of methoxy groups -OCH3 is 1. The highest BCUT2D eigenvalue weighted by Gasteiger charge is 2.29. The van der Waals surface area contributed by atoms with Gasteiger partial charge >= 0.3 is 0 Å². The van der Waals surface area contributed by atoms with Gasteiger partial charge in [-0.3, -0.25) is 14.9 Å². The Balaban J connectivity index is 1.63. The second-order valence-corrected chi connectivity index (χ2v) is 7.59. The monoisotopic (exact) mass is 417 g/mol. The van der Waals surface area contributed by atoms with Crippen molar-refractivity contribution in [3.63, 3.8) is 0 Å². The second-order valence-electron chi connectivity index (χ2n) is 7.16. The number of hydrogen-bond acceptors (Lipinski definition) is 5. The maximum Gasteiger partial charge on any atom is 0.292 e. The van der Waals surface area contributed by atoms with E-state index >= 15 is 0 Å². The Morgan fingerprint density at radius 1 is 1.28 bits per heavy atom. The van der Waals surface area contributed by atoms with E-state index in [9.17, 15) is 14.9 Å². The van der Waals surface area contributed by atoms with Crippen molar-refractivity contribution in [1.82, 2.24) is 4.90 Å². The summed E-state index contributed by atoms with van der Waals surface area (Å²) >= 11 is 6.08. The van der Waals surface area contributed by atoms with Crippen molar-refractivity contribution in [3.8, 4) is 5.75 Å². The first kappa shape index (κ1) is 20.9. The lowest BCUT2D eigenvalue weighted by Crippen LogP contribution is -2.41. The van der Waals surface area contributed by atoms with Crippen LogP contribution in [-0.4, -0.2) is 43.0 Å². The number of hydrogen-bond donors (Lipinski definition) is 0. The van der Waals surface area contributed by atoms with E-state index in [0.717, 1.165) is 5.56 Å². The Morgan fingerprint density at radius 2 is 1.97 bits per heavy atom. The van der Waals surface area contributed by atoms with Crippen molar-refractivity contribution < 1.29 is 14.5 Å². The van der Waals surface area contributed by atoms with Crippen LogP contribution in [-0.2, 0) is 11.3 Å². The lowest BCUT2D eigenvalue weighted by atomic mass is 9.94. The first-order valence-corrected chi connectivity index (χ1v) is 9.84. The van der Waals surface area contributed by atoms with Crippen LogP contribution in [0.2, 0.25) is 5.02 Å². The topological polar surface area (TPSA) is 75.9 Å². The zero-order chi connectivity index (χ0) is 21.0. The van der Waals surface area contributed by atoms with Gasteiger partial charge in [0.1, 0.15) is 11.4 Å². The molecule has 8 heteroatoms. The van der Waals surface area contributed by atoms with Gasteiger partial charge < -0.3 is 14.5 Å². The van der Waals surface area contributed by atoms with Gasteiger partial charge in [0.25, 0.3) is 5.69 Å². The maximum atomic E-state index is 12.9. The summed E-state index contributed by atoms with van der Waals surface area (Å²) < 4.78 is 5.36. The molecule has 0 atom stereocenters. The zero-order valence-corrected chi connectivity index (χ0v) is 17.3. The summed E-state index contributed by atoms with van der Waals surface area (Å²) in [5, 5.41) is 11.9. The summed E-state index contributed by atoms with van der Waals surface area (Å²) in [6.45, 7) is 1.62. The Labute approximate surface area is 175 Å². The van der Waals surface area contributed by atoms with E-state index in [4.69, 9.17) is 16.3 Å². The van der Waals surface area contributed by atoms with Crippen LogP contribution in [0.3, 0.4) is 0 Å². The van der Waals surface area contributed by atoms with Crippen molar-refractivity contribution in [2.75, 3.05) is 32.1 Å². The van der Waals surface area contributed by atoms with Gasteiger partial charge in [-0.05, 0) is 37.1 Å². The molecule has 2 aromatic rings. The van der Waals surface area contributed by atoms with Crippen LogP contribution in [0, 0.1) is 16.0 Å². The minimum atomic E-state index is -0.362. The van der Waals surface area contributed by atoms with Crippen LogP contribution in [0.1, 0.15) is 18.4 Å². The summed E-state index contributed by atoms with van der Waals surface area (Å²) in [5.41, 5.74) is 1.57. The highest BCUT2D eigenvalue weighted by Crippen LogP contribution is 2.32. The fraction of sp³-hybridized carbons (Fsp3) is 0.381. The van der Waals surface area contributed by atoms with E-state index in [1.54, 1.807) is 55.5 Å². The molecule has 0 unspecified atom stereocenters. The Bertz CT molecular complexity index is 897. The molecule has 1 amide bonds. The van der Waals surface area contributed by atoms with Crippen LogP contribution in [0.5, 0.6) is 5.75 Å². The molecule has 0 radical (unpaired) electrons. The minimum Gasteiger partial charge on any atom is -0.496 e. The molecule has 29 heavy (non-hydrogen) atoms. The number of benzene rings is 2. The number of nitrogens with zero attached hydrogens (tertiary/aromatic N) is 3. The molecule has 2 aromatic carbocycles. The van der Waals surface area contributed by atoms with Gasteiger partial charge in [-0.1, -0.05) is 23.7 Å². The summed E-state index contributed by atoms with van der Waals surface area (Å²) in [5.74, 6) is 0.652. The normalized spacial score (nSPS) is 14.5. The number of piperidine rings is 1. The van der Waals surface area contributed by atoms with E-state index in [-0.39, 0.29) is 22.4 Å². The largest absolute Gasteiger partial charge is 0.496 e. The average Bonchev–Trinajstić information content (AvgIpc) is 2.73. The number of anilines is 1. The maximum absolute atomic E-state index is 12.9. The van der Waals surface area contributed by atoms with Gasteiger partial charge in [0.15, 0.2) is 0 Å². The molecular formula is C21H24ClN3O4. The number of para-hydroxylation sites is 2. The Hall–Kier alpha value is -2.80. The smallest absolute Gasteiger partial charge is 0.292 e. The number of halogens is 1. The van der Waals surface area contributed by atoms with Crippen LogP contribution >= 0.6 is 11.6 Å². The predicted molar refractivity (Wildman–Crippen MR) is 113 cm³/mol. The molecule has 7 nitrogen and oxygen atoms in total. The average molecular weight is 418 g/mol. The summed E-state index contributed by atoms with van der Waals surface area (Å²) in [6, 6.07) is 12.1. The van der Waals surface area contributed by atoms with E-state index in [1.165, 1.54) is 6.07 Å². The Kier molecular flexibility index (Phi) is 6.59. The highest BCUT2D eigenvalue weighted by molar-refractivity contribution is 6.30. The molecule has 154 valence electrons. The molecule has 0 N–H and O–H groups in total. The Morgan fingerprint density at radius 3 is 2.62 bits per heavy atom. The number of nitro benzene ring substituents is 1. The highest BCUT2D eigenvalue weighted by atomic mass is 35.5. The molecule has 1 aliphatic heterocycles. The molecule has 1 saturated heterocycles. The quantitative estimate of drug-likeness (QED) is 0.521. The van der Waals surface area contributed by atoms with E-state index < -0.39 is 0 Å². The molecule has 0 bridgehead atoms. The van der Waals surface area contributed by atoms with E-state index in [1.807, 2.05) is 4.90 Å². The number of rotatable bonds is 6. The van der Waals surface area contributed by atoms with Crippen molar-refractivity contribution in [2.24, 2.45) is 5.92 Å². The van der Waals surface area contributed by atoms with Gasteiger partial charge in [0.2, 0.25) is 5.91 Å². The number of nitro groups is 1. The molecule has 1 aliphatic rings. The van der Waals surface area contributed by atoms with Crippen LogP contribution in [0.4, 0.5) is 11.4 Å². The van der Waals surface area contributed by atoms with Gasteiger partial charge in [0.05, 0.1) is 12.0 Å². The number of amides is 1. The van der Waals surface area contributed by atoms with Crippen LogP contribution < -0.4 is 9.64 Å². The van der Waals surface area contributed by atoms with Gasteiger partial charge in [-0.15, -0.1) is 0 Å². The molecule has 3 rings (SSSR count). The third-order valence-electron chi connectivity index (χ3n) is 5.29. The lowest BCUT2D eigenvalue weighted by Gasteiger charge is -2.34. The second kappa shape index (κ2) is 9.13. The first-order chi connectivity index (χ1) is 13.9. The summed E-state index contributed by atoms with van der Waals surface area (Å²) in [4.78, 5) is 27.5. The summed E-state index contributed by atoms with van der Waals surface area (Å²) in [6.07, 6.45) is 1.31. The minimum absolute atomic E-state index is 0.0641. The lowest BCUT2D eigenvalue weighted by molar-refractivity contribution is -0.384. The fourth-order valence-electron chi connectivity index (χ4n) is 3.77. The zero-order valence-electron chi connectivity index (χ0n) is 16.5. The van der Waals surface area contributed by atoms with E-state index in [2.05, 4.69) is 0 Å². The van der Waals surface area contributed by atoms with Gasteiger partial charge in [0, 0.05) is 49.3 Å². The third kappa shape index (κ3) is 4.79. The SMILES string of the molecule is COc1ccc(Cl)cc1CN(C)C(=O)C1CCN(c2ccccc2[N+](=O)[O-])CC1. The number of ether oxygens (including phenoxy) is 1. The van der Waals surface area contributed by atoms with Crippen molar-refractivity contribution in [2.45, 2.75) is 19.4 Å². The standard InChI is InChI=1S/C21H24ClN3O4/c1-23(14-16-13-17(22)7-8-20(16)29-2)21(26)15-9-11-24(12-10-15)18-5-3-4-6-19(18)25(27)28/h3-8,13,15H,9-12,14H2,1-2H3. The predicted octanol–water partition coefficient (Wildman–Crippen LogP) is 4.13. The van der Waals surface area contributed by atoms with Crippen LogP contribution in [0.25, 0.3) is 0 Å². The number of carbonyl (C=O) groups is 1. The van der Waals surface area contributed by atoms with E-state index in [0.29, 0.717) is 48.9 Å². The van der Waals surface area contributed by atoms with Gasteiger partial charge in [-0.2, -0.15) is 0 Å². The molecular weight excluding hydrogens is 394 g/mol. The number of carbonyl (C=O) groups excluding carboxylic acids is 1. The van der Waals surface area contributed by atoms with Gasteiger partial charge in [-0.25, -0.2) is 0 Å². The van der Waals surface area contributed by atoms with Crippen molar-refractivity contribution in [1.29, 1.82) is 0 Å².